The number of likely N-dealkylation sites (N-methyl/N-ethyl adjacent to an activating group) is 1. The largest absolute Gasteiger partial charge is 0.416 e. The maximum Gasteiger partial charge on any atom is 0.416 e. The Morgan fingerprint density at radius 3 is 2.48 bits per heavy atom. The van der Waals surface area contributed by atoms with Gasteiger partial charge in [0.1, 0.15) is 17.8 Å². The summed E-state index contributed by atoms with van der Waals surface area (Å²) < 4.78 is 44.4. The van der Waals surface area contributed by atoms with E-state index in [0.29, 0.717) is 41.5 Å². The summed E-state index contributed by atoms with van der Waals surface area (Å²) in [6, 6.07) is 9.42. The van der Waals surface area contributed by atoms with Gasteiger partial charge >= 0.3 is 6.18 Å². The molecule has 1 amide bonds. The van der Waals surface area contributed by atoms with E-state index < -0.39 is 17.6 Å². The first-order valence-corrected chi connectivity index (χ1v) is 15.7. The van der Waals surface area contributed by atoms with E-state index in [1.54, 1.807) is 18.2 Å². The number of alkyl halides is 3. The highest BCUT2D eigenvalue weighted by Gasteiger charge is 2.34. The molecule has 1 aliphatic carbocycles. The highest BCUT2D eigenvalue weighted by Crippen LogP contribution is 2.35. The minimum atomic E-state index is -4.55. The number of piperazine rings is 1. The molecule has 4 aromatic rings. The number of nitrogens with zero attached hydrogens (tertiary/aromatic N) is 5. The van der Waals surface area contributed by atoms with E-state index in [0.717, 1.165) is 56.0 Å². The highest BCUT2D eigenvalue weighted by molar-refractivity contribution is 6.04. The van der Waals surface area contributed by atoms with Crippen molar-refractivity contribution in [1.82, 2.24) is 24.3 Å². The van der Waals surface area contributed by atoms with Gasteiger partial charge in [-0.1, -0.05) is 43.2 Å². The van der Waals surface area contributed by atoms with Crippen molar-refractivity contribution in [2.75, 3.05) is 44.3 Å². The van der Waals surface area contributed by atoms with Crippen LogP contribution in [0.1, 0.15) is 76.3 Å². The summed E-state index contributed by atoms with van der Waals surface area (Å²) in [6.07, 6.45) is 4.62. The van der Waals surface area contributed by atoms with Crippen LogP contribution in [0.3, 0.4) is 0 Å². The molecular weight excluding hydrogens is 591 g/mol. The zero-order valence-corrected chi connectivity index (χ0v) is 26.1. The van der Waals surface area contributed by atoms with Crippen LogP contribution in [0.4, 0.5) is 24.7 Å². The monoisotopic (exact) mass is 629 g/mol. The summed E-state index contributed by atoms with van der Waals surface area (Å²) in [5.41, 5.74) is 9.06. The molecule has 3 N–H and O–H groups in total. The second-order valence-electron chi connectivity index (χ2n) is 12.4. The number of carbonyl (C=O) groups is 1. The Morgan fingerprint density at radius 2 is 1.74 bits per heavy atom. The van der Waals surface area contributed by atoms with Gasteiger partial charge in [-0.05, 0) is 62.2 Å². The fourth-order valence-corrected chi connectivity index (χ4v) is 6.38. The van der Waals surface area contributed by atoms with Gasteiger partial charge in [0.2, 0.25) is 0 Å². The number of amides is 1. The number of hydrogen-bond acceptors (Lipinski definition) is 6. The number of aromatic nitrogens is 3. The number of carbonyl (C=O) groups excluding carboxylic acids is 1. The van der Waals surface area contributed by atoms with Gasteiger partial charge in [0.25, 0.3) is 5.91 Å². The van der Waals surface area contributed by atoms with E-state index in [2.05, 4.69) is 36.6 Å². The van der Waals surface area contributed by atoms with Crippen molar-refractivity contribution in [3.63, 3.8) is 0 Å². The van der Waals surface area contributed by atoms with Gasteiger partial charge in [-0.2, -0.15) is 13.2 Å². The van der Waals surface area contributed by atoms with Crippen molar-refractivity contribution in [3.8, 4) is 11.8 Å². The smallest absolute Gasteiger partial charge is 0.383 e. The van der Waals surface area contributed by atoms with E-state index in [9.17, 15) is 18.0 Å². The van der Waals surface area contributed by atoms with E-state index in [1.165, 1.54) is 24.9 Å². The standard InChI is InChI=1S/C35H38F3N7O/c1-23-8-9-25(34(46)42-28-13-12-26(30(19-28)35(36,37)38)20-44-16-14-43(2)15-17-44)18-24(23)10-11-27-21-45(29-6-4-3-5-7-29)33-31(27)32(39)40-22-41-33/h8-9,12-13,18-19,21-22,29H,3-7,14-17,20H2,1-2H3,(H,42,46)(H2,39,40,41). The SMILES string of the molecule is Cc1ccc(C(=O)Nc2ccc(CN3CCN(C)CC3)c(C(F)(F)F)c2)cc1C#Cc1cn(C2CCCCC2)c2ncnc(N)c12. The molecule has 0 bridgehead atoms. The third-order valence-corrected chi connectivity index (χ3v) is 9.10. The number of benzene rings is 2. The van der Waals surface area contributed by atoms with Crippen LogP contribution in [0.25, 0.3) is 11.0 Å². The number of anilines is 2. The Balaban J connectivity index is 1.24. The molecule has 1 saturated carbocycles. The van der Waals surface area contributed by atoms with Crippen LogP contribution < -0.4 is 11.1 Å². The average molecular weight is 630 g/mol. The molecular formula is C35H38F3N7O. The quantitative estimate of drug-likeness (QED) is 0.254. The molecule has 1 aliphatic heterocycles. The van der Waals surface area contributed by atoms with Crippen molar-refractivity contribution in [2.45, 2.75) is 57.8 Å². The van der Waals surface area contributed by atoms with Crippen LogP contribution in [0.15, 0.2) is 48.9 Å². The molecule has 0 radical (unpaired) electrons. The molecule has 0 atom stereocenters. The van der Waals surface area contributed by atoms with E-state index in [-0.39, 0.29) is 23.4 Å². The number of nitrogens with one attached hydrogen (secondary N) is 1. The molecule has 3 heterocycles. The fraction of sp³-hybridized carbons (Fsp3) is 0.400. The Morgan fingerprint density at radius 1 is 1.00 bits per heavy atom. The number of aryl methyl sites for hydroxylation is 1. The predicted molar refractivity (Wildman–Crippen MR) is 173 cm³/mol. The van der Waals surface area contributed by atoms with E-state index in [1.807, 2.05) is 25.1 Å². The van der Waals surface area contributed by atoms with Crippen molar-refractivity contribution in [3.05, 3.63) is 82.3 Å². The number of rotatable bonds is 5. The number of fused-ring (bicyclic) bond motifs is 1. The molecule has 46 heavy (non-hydrogen) atoms. The molecule has 240 valence electrons. The Bertz CT molecular complexity index is 1810. The lowest BCUT2D eigenvalue weighted by molar-refractivity contribution is -0.138. The van der Waals surface area contributed by atoms with Crippen LogP contribution in [0.2, 0.25) is 0 Å². The van der Waals surface area contributed by atoms with Gasteiger partial charge in [0.15, 0.2) is 0 Å². The first-order chi connectivity index (χ1) is 22.1. The van der Waals surface area contributed by atoms with Crippen molar-refractivity contribution < 1.29 is 18.0 Å². The predicted octanol–water partition coefficient (Wildman–Crippen LogP) is 6.25. The third kappa shape index (κ3) is 6.88. The molecule has 11 heteroatoms. The van der Waals surface area contributed by atoms with Crippen LogP contribution in [0, 0.1) is 18.8 Å². The zero-order chi connectivity index (χ0) is 32.4. The fourth-order valence-electron chi connectivity index (χ4n) is 6.38. The van der Waals surface area contributed by atoms with Gasteiger partial charge in [-0.25, -0.2) is 9.97 Å². The summed E-state index contributed by atoms with van der Waals surface area (Å²) in [5.74, 6) is 6.27. The normalized spacial score (nSPS) is 16.7. The molecule has 2 fully saturated rings. The number of hydrogen-bond donors (Lipinski definition) is 2. The first-order valence-electron chi connectivity index (χ1n) is 15.7. The topological polar surface area (TPSA) is 92.3 Å². The van der Waals surface area contributed by atoms with Gasteiger partial charge in [-0.3, -0.25) is 9.69 Å². The Labute approximate surface area is 266 Å². The van der Waals surface area contributed by atoms with Gasteiger partial charge < -0.3 is 20.5 Å². The number of halogens is 3. The molecule has 8 nitrogen and oxygen atoms in total. The summed E-state index contributed by atoms with van der Waals surface area (Å²) in [4.78, 5) is 26.1. The molecule has 2 aromatic heterocycles. The second-order valence-corrected chi connectivity index (χ2v) is 12.4. The minimum absolute atomic E-state index is 0.0821. The molecule has 0 spiro atoms. The summed E-state index contributed by atoms with van der Waals surface area (Å²) in [6.45, 7) is 5.12. The third-order valence-electron chi connectivity index (χ3n) is 9.10. The van der Waals surface area contributed by atoms with Crippen LogP contribution in [-0.2, 0) is 12.7 Å². The zero-order valence-electron chi connectivity index (χ0n) is 26.1. The van der Waals surface area contributed by atoms with E-state index >= 15 is 0 Å². The number of nitrogens with two attached hydrogens (primary N) is 1. The van der Waals surface area contributed by atoms with Crippen molar-refractivity contribution in [2.24, 2.45) is 0 Å². The highest BCUT2D eigenvalue weighted by atomic mass is 19.4. The summed E-state index contributed by atoms with van der Waals surface area (Å²) in [5, 5.41) is 3.37. The van der Waals surface area contributed by atoms with Crippen molar-refractivity contribution >= 4 is 28.4 Å². The molecule has 1 saturated heterocycles. The molecule has 2 aliphatic rings. The lowest BCUT2D eigenvalue weighted by Gasteiger charge is -2.33. The lowest BCUT2D eigenvalue weighted by Crippen LogP contribution is -2.44. The van der Waals surface area contributed by atoms with E-state index in [4.69, 9.17) is 5.73 Å². The molecule has 2 aromatic carbocycles. The van der Waals surface area contributed by atoms with Gasteiger partial charge in [0, 0.05) is 61.8 Å². The van der Waals surface area contributed by atoms with Gasteiger partial charge in [0.05, 0.1) is 16.5 Å². The summed E-state index contributed by atoms with van der Waals surface area (Å²) >= 11 is 0. The van der Waals surface area contributed by atoms with Crippen LogP contribution >= 0.6 is 0 Å². The van der Waals surface area contributed by atoms with Crippen LogP contribution in [0.5, 0.6) is 0 Å². The molecule has 6 rings (SSSR count). The van der Waals surface area contributed by atoms with Crippen molar-refractivity contribution in [1.29, 1.82) is 0 Å². The Hall–Kier alpha value is -4.40. The maximum atomic E-state index is 14.1. The molecule has 0 unspecified atom stereocenters. The van der Waals surface area contributed by atoms with Gasteiger partial charge in [-0.15, -0.1) is 0 Å². The number of nitrogen functional groups attached to an aromatic ring is 1. The minimum Gasteiger partial charge on any atom is -0.383 e. The lowest BCUT2D eigenvalue weighted by atomic mass is 9.95. The Kier molecular flexibility index (Phi) is 9.02. The second kappa shape index (κ2) is 13.1. The first kappa shape index (κ1) is 31.6. The summed E-state index contributed by atoms with van der Waals surface area (Å²) in [7, 11) is 2.00. The average Bonchev–Trinajstić information content (AvgIpc) is 3.42. The maximum absolute atomic E-state index is 14.1. The van der Waals surface area contributed by atoms with Crippen LogP contribution in [-0.4, -0.2) is 63.5 Å².